The van der Waals surface area contributed by atoms with Gasteiger partial charge < -0.3 is 15.0 Å². The number of hydrogen-bond acceptors (Lipinski definition) is 2. The zero-order valence-corrected chi connectivity index (χ0v) is 17.9. The van der Waals surface area contributed by atoms with Crippen LogP contribution in [0.4, 0.5) is 0 Å². The number of aliphatic imine (C=N–C) groups is 1. The summed E-state index contributed by atoms with van der Waals surface area (Å²) in [7, 11) is 0. The van der Waals surface area contributed by atoms with Gasteiger partial charge in [0, 0.05) is 38.4 Å². The Labute approximate surface area is 173 Å². The van der Waals surface area contributed by atoms with Gasteiger partial charge >= 0.3 is 0 Å². The lowest BCUT2D eigenvalue weighted by Crippen LogP contribution is -2.38. The lowest BCUT2D eigenvalue weighted by atomic mass is 9.97. The molecule has 2 aromatic rings. The normalized spacial score (nSPS) is 14.7. The average Bonchev–Trinajstić information content (AvgIpc) is 3.05. The number of fused-ring (bicyclic) bond motifs is 1. The van der Waals surface area contributed by atoms with E-state index in [0.717, 1.165) is 49.8 Å². The van der Waals surface area contributed by atoms with Crippen molar-refractivity contribution in [2.75, 3.05) is 19.6 Å². The van der Waals surface area contributed by atoms with Crippen LogP contribution in [0.5, 0.6) is 0 Å². The summed E-state index contributed by atoms with van der Waals surface area (Å²) in [4.78, 5) is 9.31. The number of hydrogen-bond donors (Lipinski definition) is 2. The molecule has 0 radical (unpaired) electrons. The fourth-order valence-electron chi connectivity index (χ4n) is 3.20. The van der Waals surface area contributed by atoms with Gasteiger partial charge in [0.05, 0.1) is 5.69 Å². The van der Waals surface area contributed by atoms with Crippen molar-refractivity contribution >= 4 is 35.6 Å². The van der Waals surface area contributed by atoms with Gasteiger partial charge in [-0.2, -0.15) is 0 Å². The van der Waals surface area contributed by atoms with Crippen molar-refractivity contribution in [1.82, 2.24) is 20.0 Å². The smallest absolute Gasteiger partial charge is 0.191 e. The molecule has 2 aromatic heterocycles. The Kier molecular flexibility index (Phi) is 8.94. The second-order valence-electron chi connectivity index (χ2n) is 6.49. The van der Waals surface area contributed by atoms with Crippen LogP contribution in [0.3, 0.4) is 0 Å². The van der Waals surface area contributed by atoms with Gasteiger partial charge in [0.1, 0.15) is 5.65 Å². The zero-order valence-electron chi connectivity index (χ0n) is 15.6. The molecule has 0 aliphatic heterocycles. The highest BCUT2D eigenvalue weighted by atomic mass is 127. The number of imidazole rings is 1. The third-order valence-electron chi connectivity index (χ3n) is 4.52. The van der Waals surface area contributed by atoms with Gasteiger partial charge in [-0.05, 0) is 51.2 Å². The first-order chi connectivity index (χ1) is 12.3. The van der Waals surface area contributed by atoms with Crippen LogP contribution < -0.4 is 10.6 Å². The quantitative estimate of drug-likeness (QED) is 0.281. The maximum atomic E-state index is 4.69. The van der Waals surface area contributed by atoms with Crippen LogP contribution in [0.25, 0.3) is 5.65 Å². The Hall–Kier alpha value is -1.57. The molecule has 26 heavy (non-hydrogen) atoms. The van der Waals surface area contributed by atoms with E-state index < -0.39 is 0 Å². The minimum Gasteiger partial charge on any atom is -0.357 e. The Morgan fingerprint density at radius 2 is 2.15 bits per heavy atom. The van der Waals surface area contributed by atoms with E-state index >= 15 is 0 Å². The third-order valence-corrected chi connectivity index (χ3v) is 4.52. The molecule has 0 fully saturated rings. The lowest BCUT2D eigenvalue weighted by Gasteiger charge is -2.15. The minimum atomic E-state index is 0. The summed E-state index contributed by atoms with van der Waals surface area (Å²) in [6.45, 7) is 4.67. The highest BCUT2D eigenvalue weighted by Gasteiger charge is 2.04. The predicted molar refractivity (Wildman–Crippen MR) is 119 cm³/mol. The molecule has 0 atom stereocenters. The van der Waals surface area contributed by atoms with Crippen LogP contribution >= 0.6 is 24.0 Å². The number of nitrogens with zero attached hydrogens (tertiary/aromatic N) is 3. The molecule has 0 saturated carbocycles. The Bertz CT molecular complexity index is 702. The van der Waals surface area contributed by atoms with Crippen molar-refractivity contribution in [3.05, 3.63) is 47.9 Å². The zero-order chi connectivity index (χ0) is 17.3. The summed E-state index contributed by atoms with van der Waals surface area (Å²) in [5.74, 6) is 0.905. The Morgan fingerprint density at radius 3 is 2.92 bits per heavy atom. The average molecular weight is 467 g/mol. The standard InChI is InChI=1S/C20H29N5.HI/c1-2-21-20(22-13-11-17-8-4-3-5-9-17)23-14-12-18-16-25-15-7-6-10-19(25)24-18;/h6-8,10,15-16H,2-5,9,11-14H2,1H3,(H2,21,22,23);1H. The first-order valence-electron chi connectivity index (χ1n) is 9.48. The topological polar surface area (TPSA) is 53.7 Å². The fourth-order valence-corrected chi connectivity index (χ4v) is 3.20. The molecule has 0 unspecified atom stereocenters. The first kappa shape index (κ1) is 20.7. The van der Waals surface area contributed by atoms with Gasteiger partial charge in [0.25, 0.3) is 0 Å². The first-order valence-corrected chi connectivity index (χ1v) is 9.48. The monoisotopic (exact) mass is 467 g/mol. The number of nitrogens with one attached hydrogen (secondary N) is 2. The van der Waals surface area contributed by atoms with E-state index in [1.165, 1.54) is 25.7 Å². The van der Waals surface area contributed by atoms with Gasteiger partial charge in [-0.15, -0.1) is 24.0 Å². The molecule has 5 nitrogen and oxygen atoms in total. The summed E-state index contributed by atoms with van der Waals surface area (Å²) >= 11 is 0. The number of pyridine rings is 1. The molecule has 3 rings (SSSR count). The molecular formula is C20H30IN5. The van der Waals surface area contributed by atoms with Crippen LogP contribution in [-0.2, 0) is 6.42 Å². The lowest BCUT2D eigenvalue weighted by molar-refractivity contribution is 0.665. The minimum absolute atomic E-state index is 0. The van der Waals surface area contributed by atoms with Crippen molar-refractivity contribution in [3.63, 3.8) is 0 Å². The number of aromatic nitrogens is 2. The highest BCUT2D eigenvalue weighted by molar-refractivity contribution is 14.0. The SMILES string of the molecule is CCNC(=NCCc1cn2ccccc2n1)NCCC1=CCCCC1.I. The molecule has 0 aromatic carbocycles. The van der Waals surface area contributed by atoms with Gasteiger partial charge in [-0.1, -0.05) is 17.7 Å². The molecule has 0 amide bonds. The van der Waals surface area contributed by atoms with Crippen molar-refractivity contribution < 1.29 is 0 Å². The summed E-state index contributed by atoms with van der Waals surface area (Å²) in [6.07, 6.45) is 13.7. The van der Waals surface area contributed by atoms with Crippen molar-refractivity contribution in [1.29, 1.82) is 0 Å². The van der Waals surface area contributed by atoms with E-state index in [4.69, 9.17) is 0 Å². The molecule has 2 heterocycles. The van der Waals surface area contributed by atoms with E-state index in [1.54, 1.807) is 5.57 Å². The molecule has 1 aliphatic rings. The summed E-state index contributed by atoms with van der Waals surface area (Å²) in [6, 6.07) is 6.06. The predicted octanol–water partition coefficient (Wildman–Crippen LogP) is 3.94. The number of allylic oxidation sites excluding steroid dienone is 1. The van der Waals surface area contributed by atoms with E-state index in [9.17, 15) is 0 Å². The molecule has 2 N–H and O–H groups in total. The van der Waals surface area contributed by atoms with Gasteiger partial charge in [-0.3, -0.25) is 4.99 Å². The molecular weight excluding hydrogens is 437 g/mol. The molecule has 0 saturated heterocycles. The number of rotatable bonds is 7. The second kappa shape index (κ2) is 11.2. The Balaban J connectivity index is 0.00000243. The number of halogens is 1. The molecule has 0 bridgehead atoms. The van der Waals surface area contributed by atoms with Crippen LogP contribution in [0.15, 0.2) is 47.2 Å². The molecule has 0 spiro atoms. The van der Waals surface area contributed by atoms with Crippen LogP contribution in [0.2, 0.25) is 0 Å². The van der Waals surface area contributed by atoms with Crippen molar-refractivity contribution in [3.8, 4) is 0 Å². The van der Waals surface area contributed by atoms with Gasteiger partial charge in [0.15, 0.2) is 5.96 Å². The van der Waals surface area contributed by atoms with Crippen LogP contribution in [0.1, 0.15) is 44.7 Å². The maximum Gasteiger partial charge on any atom is 0.191 e. The van der Waals surface area contributed by atoms with Crippen molar-refractivity contribution in [2.24, 2.45) is 4.99 Å². The van der Waals surface area contributed by atoms with Crippen molar-refractivity contribution in [2.45, 2.75) is 45.4 Å². The summed E-state index contributed by atoms with van der Waals surface area (Å²) in [5.41, 5.74) is 3.67. The molecule has 1 aliphatic carbocycles. The Morgan fingerprint density at radius 1 is 1.23 bits per heavy atom. The fraction of sp³-hybridized carbons (Fsp3) is 0.500. The highest BCUT2D eigenvalue weighted by Crippen LogP contribution is 2.19. The largest absolute Gasteiger partial charge is 0.357 e. The molecule has 142 valence electrons. The van der Waals surface area contributed by atoms with Crippen LogP contribution in [-0.4, -0.2) is 35.0 Å². The number of guanidine groups is 1. The van der Waals surface area contributed by atoms with E-state index in [2.05, 4.69) is 44.2 Å². The van der Waals surface area contributed by atoms with E-state index in [-0.39, 0.29) is 24.0 Å². The van der Waals surface area contributed by atoms with Gasteiger partial charge in [-0.25, -0.2) is 4.98 Å². The summed E-state index contributed by atoms with van der Waals surface area (Å²) in [5, 5.41) is 6.78. The second-order valence-corrected chi connectivity index (χ2v) is 6.49. The third kappa shape index (κ3) is 6.30. The van der Waals surface area contributed by atoms with E-state index in [1.807, 2.05) is 24.4 Å². The van der Waals surface area contributed by atoms with Crippen LogP contribution in [0, 0.1) is 0 Å². The maximum absolute atomic E-state index is 4.69. The van der Waals surface area contributed by atoms with Gasteiger partial charge in [0.2, 0.25) is 0 Å². The summed E-state index contributed by atoms with van der Waals surface area (Å²) < 4.78 is 2.06. The van der Waals surface area contributed by atoms with E-state index in [0.29, 0.717) is 0 Å². The molecule has 6 heteroatoms.